The minimum atomic E-state index is -0.589. The number of amides is 1. The van der Waals surface area contributed by atoms with E-state index in [1.807, 2.05) is 6.92 Å². The van der Waals surface area contributed by atoms with Gasteiger partial charge in [-0.15, -0.1) is 6.42 Å². The zero-order valence-electron chi connectivity index (χ0n) is 7.04. The van der Waals surface area contributed by atoms with Crippen LogP contribution in [0.5, 0.6) is 0 Å². The Labute approximate surface area is 71.9 Å². The SMILES string of the molecule is C#CC(CC)NC(=O)OCCO. The van der Waals surface area contributed by atoms with Gasteiger partial charge in [0, 0.05) is 0 Å². The summed E-state index contributed by atoms with van der Waals surface area (Å²) in [6.07, 6.45) is 5.16. The van der Waals surface area contributed by atoms with E-state index in [4.69, 9.17) is 11.5 Å². The average molecular weight is 171 g/mol. The summed E-state index contributed by atoms with van der Waals surface area (Å²) in [5.74, 6) is 2.38. The van der Waals surface area contributed by atoms with Gasteiger partial charge in [-0.25, -0.2) is 4.79 Å². The highest BCUT2D eigenvalue weighted by atomic mass is 16.6. The Bertz CT molecular complexity index is 174. The minimum Gasteiger partial charge on any atom is -0.447 e. The van der Waals surface area contributed by atoms with E-state index in [0.29, 0.717) is 6.42 Å². The Balaban J connectivity index is 3.61. The first-order valence-corrected chi connectivity index (χ1v) is 3.74. The quantitative estimate of drug-likeness (QED) is 0.590. The molecule has 0 aromatic heterocycles. The van der Waals surface area contributed by atoms with Crippen molar-refractivity contribution in [3.8, 4) is 12.3 Å². The Kier molecular flexibility index (Phi) is 5.84. The van der Waals surface area contributed by atoms with Crippen LogP contribution in [0.3, 0.4) is 0 Å². The Morgan fingerprint density at radius 3 is 2.92 bits per heavy atom. The van der Waals surface area contributed by atoms with Gasteiger partial charge in [-0.3, -0.25) is 0 Å². The van der Waals surface area contributed by atoms with E-state index in [9.17, 15) is 4.79 Å². The average Bonchev–Trinajstić information content (AvgIpc) is 2.10. The summed E-state index contributed by atoms with van der Waals surface area (Å²) in [7, 11) is 0. The molecule has 12 heavy (non-hydrogen) atoms. The van der Waals surface area contributed by atoms with Gasteiger partial charge >= 0.3 is 6.09 Å². The maximum absolute atomic E-state index is 10.8. The molecule has 4 nitrogen and oxygen atoms in total. The largest absolute Gasteiger partial charge is 0.447 e. The second-order valence-corrected chi connectivity index (χ2v) is 2.13. The topological polar surface area (TPSA) is 58.6 Å². The molecule has 1 unspecified atom stereocenters. The highest BCUT2D eigenvalue weighted by Gasteiger charge is 2.06. The number of terminal acetylenes is 1. The monoisotopic (exact) mass is 171 g/mol. The Morgan fingerprint density at radius 2 is 2.50 bits per heavy atom. The van der Waals surface area contributed by atoms with Crippen LogP contribution in [-0.4, -0.2) is 30.5 Å². The van der Waals surface area contributed by atoms with Crippen LogP contribution in [-0.2, 0) is 4.74 Å². The summed E-state index contributed by atoms with van der Waals surface area (Å²) in [5.41, 5.74) is 0. The summed E-state index contributed by atoms with van der Waals surface area (Å²) >= 11 is 0. The summed E-state index contributed by atoms with van der Waals surface area (Å²) in [6, 6.07) is -0.295. The lowest BCUT2D eigenvalue weighted by atomic mass is 10.2. The molecule has 68 valence electrons. The molecule has 0 aliphatic heterocycles. The van der Waals surface area contributed by atoms with Crippen molar-refractivity contribution in [2.24, 2.45) is 0 Å². The van der Waals surface area contributed by atoms with Crippen molar-refractivity contribution < 1.29 is 14.6 Å². The zero-order valence-corrected chi connectivity index (χ0v) is 7.04. The van der Waals surface area contributed by atoms with Crippen LogP contribution in [0.1, 0.15) is 13.3 Å². The van der Waals surface area contributed by atoms with Gasteiger partial charge in [0.25, 0.3) is 0 Å². The normalized spacial score (nSPS) is 11.4. The van der Waals surface area contributed by atoms with Crippen LogP contribution in [0, 0.1) is 12.3 Å². The molecule has 0 rings (SSSR count). The van der Waals surface area contributed by atoms with Crippen molar-refractivity contribution >= 4 is 6.09 Å². The van der Waals surface area contributed by atoms with Gasteiger partial charge in [-0.2, -0.15) is 0 Å². The van der Waals surface area contributed by atoms with E-state index in [-0.39, 0.29) is 19.3 Å². The van der Waals surface area contributed by atoms with Crippen LogP contribution >= 0.6 is 0 Å². The lowest BCUT2D eigenvalue weighted by molar-refractivity contribution is 0.117. The molecule has 0 aliphatic rings. The van der Waals surface area contributed by atoms with E-state index >= 15 is 0 Å². The first kappa shape index (κ1) is 10.8. The molecule has 0 bridgehead atoms. The molecule has 0 saturated heterocycles. The fraction of sp³-hybridized carbons (Fsp3) is 0.625. The molecular formula is C8H13NO3. The number of aliphatic hydroxyl groups is 1. The highest BCUT2D eigenvalue weighted by Crippen LogP contribution is 1.88. The van der Waals surface area contributed by atoms with Crippen molar-refractivity contribution in [1.29, 1.82) is 0 Å². The Hall–Kier alpha value is -1.21. The molecule has 1 atom stereocenters. The molecule has 0 aromatic rings. The van der Waals surface area contributed by atoms with Crippen molar-refractivity contribution in [2.45, 2.75) is 19.4 Å². The predicted molar refractivity (Wildman–Crippen MR) is 44.5 cm³/mol. The van der Waals surface area contributed by atoms with Crippen molar-refractivity contribution in [3.63, 3.8) is 0 Å². The molecule has 1 amide bonds. The third-order valence-corrected chi connectivity index (χ3v) is 1.23. The van der Waals surface area contributed by atoms with Crippen molar-refractivity contribution in [1.82, 2.24) is 5.32 Å². The molecule has 0 heterocycles. The third-order valence-electron chi connectivity index (χ3n) is 1.23. The van der Waals surface area contributed by atoms with Crippen molar-refractivity contribution in [3.05, 3.63) is 0 Å². The van der Waals surface area contributed by atoms with E-state index < -0.39 is 6.09 Å². The number of rotatable bonds is 4. The molecule has 0 spiro atoms. The molecule has 2 N–H and O–H groups in total. The Morgan fingerprint density at radius 1 is 1.83 bits per heavy atom. The summed E-state index contributed by atoms with van der Waals surface area (Å²) in [6.45, 7) is 1.67. The lowest BCUT2D eigenvalue weighted by Crippen LogP contribution is -2.34. The van der Waals surface area contributed by atoms with Crippen molar-refractivity contribution in [2.75, 3.05) is 13.2 Å². The van der Waals surface area contributed by atoms with Gasteiger partial charge in [-0.1, -0.05) is 12.8 Å². The molecule has 4 heteroatoms. The van der Waals surface area contributed by atoms with Gasteiger partial charge in [0.05, 0.1) is 12.6 Å². The third kappa shape index (κ3) is 4.58. The smallest absolute Gasteiger partial charge is 0.408 e. The number of carbonyl (C=O) groups excluding carboxylic acids is 1. The van der Waals surface area contributed by atoms with E-state index in [1.54, 1.807) is 0 Å². The van der Waals surface area contributed by atoms with Gasteiger partial charge in [0.1, 0.15) is 6.61 Å². The molecule has 0 radical (unpaired) electrons. The fourth-order valence-electron chi connectivity index (χ4n) is 0.584. The van der Waals surface area contributed by atoms with E-state index in [2.05, 4.69) is 16.0 Å². The second kappa shape index (κ2) is 6.50. The molecule has 0 saturated carbocycles. The van der Waals surface area contributed by atoms with Crippen LogP contribution in [0.4, 0.5) is 4.79 Å². The number of alkyl carbamates (subject to hydrolysis) is 1. The predicted octanol–water partition coefficient (Wildman–Crippen LogP) is 0.117. The maximum atomic E-state index is 10.8. The van der Waals surface area contributed by atoms with Crippen LogP contribution in [0.2, 0.25) is 0 Å². The minimum absolute atomic E-state index is 0.00710. The number of hydrogen-bond donors (Lipinski definition) is 2. The van der Waals surface area contributed by atoms with E-state index in [1.165, 1.54) is 0 Å². The number of ether oxygens (including phenoxy) is 1. The molecule has 0 fully saturated rings. The highest BCUT2D eigenvalue weighted by molar-refractivity contribution is 5.68. The summed E-state index contributed by atoms with van der Waals surface area (Å²) in [4.78, 5) is 10.8. The summed E-state index contributed by atoms with van der Waals surface area (Å²) < 4.78 is 4.53. The molecule has 0 aromatic carbocycles. The lowest BCUT2D eigenvalue weighted by Gasteiger charge is -2.09. The van der Waals surface area contributed by atoms with Gasteiger partial charge in [0.2, 0.25) is 0 Å². The number of carbonyl (C=O) groups is 1. The maximum Gasteiger partial charge on any atom is 0.408 e. The zero-order chi connectivity index (χ0) is 9.40. The number of nitrogens with one attached hydrogen (secondary N) is 1. The van der Waals surface area contributed by atoms with Crippen LogP contribution in [0.25, 0.3) is 0 Å². The van der Waals surface area contributed by atoms with Gasteiger partial charge in [-0.05, 0) is 6.42 Å². The number of aliphatic hydroxyl groups excluding tert-OH is 1. The van der Waals surface area contributed by atoms with Gasteiger partial charge < -0.3 is 15.2 Å². The van der Waals surface area contributed by atoms with E-state index in [0.717, 1.165) is 0 Å². The standard InChI is InChI=1S/C8H13NO3/c1-3-7(4-2)9-8(11)12-6-5-10/h1,7,10H,4-6H2,2H3,(H,9,11). The molecule has 0 aliphatic carbocycles. The number of hydrogen-bond acceptors (Lipinski definition) is 3. The van der Waals surface area contributed by atoms with Crippen LogP contribution < -0.4 is 5.32 Å². The summed E-state index contributed by atoms with van der Waals surface area (Å²) in [5, 5.41) is 10.8. The van der Waals surface area contributed by atoms with Gasteiger partial charge in [0.15, 0.2) is 0 Å². The fourth-order valence-corrected chi connectivity index (χ4v) is 0.584. The van der Waals surface area contributed by atoms with Crippen LogP contribution in [0.15, 0.2) is 0 Å². The first-order chi connectivity index (χ1) is 5.74. The molecular weight excluding hydrogens is 158 g/mol. The second-order valence-electron chi connectivity index (χ2n) is 2.13. The first-order valence-electron chi connectivity index (χ1n) is 3.74.